The molecule has 152 valence electrons. The highest BCUT2D eigenvalue weighted by atomic mass is 16.3. The van der Waals surface area contributed by atoms with E-state index in [1.54, 1.807) is 10.6 Å². The van der Waals surface area contributed by atoms with E-state index in [1.807, 2.05) is 37.3 Å². The van der Waals surface area contributed by atoms with Crippen LogP contribution < -0.4 is 5.56 Å². The molecule has 4 rings (SSSR count). The van der Waals surface area contributed by atoms with Crippen molar-refractivity contribution in [2.45, 2.75) is 39.2 Å². The van der Waals surface area contributed by atoms with Crippen molar-refractivity contribution in [1.29, 1.82) is 0 Å². The van der Waals surface area contributed by atoms with Gasteiger partial charge in [0.1, 0.15) is 5.65 Å². The topological polar surface area (TPSA) is 57.8 Å². The molecular formula is C24H29N3O2. The van der Waals surface area contributed by atoms with Gasteiger partial charge in [0.05, 0.1) is 6.10 Å². The van der Waals surface area contributed by atoms with E-state index in [-0.39, 0.29) is 5.56 Å². The van der Waals surface area contributed by atoms with E-state index in [0.717, 1.165) is 49.3 Å². The molecule has 2 aromatic heterocycles. The van der Waals surface area contributed by atoms with Crippen molar-refractivity contribution < 1.29 is 5.11 Å². The number of aromatic nitrogens is 2. The minimum atomic E-state index is -0.394. The molecule has 0 saturated carbocycles. The van der Waals surface area contributed by atoms with Gasteiger partial charge in [-0.25, -0.2) is 4.98 Å². The number of hydrogen-bond acceptors (Lipinski definition) is 4. The van der Waals surface area contributed by atoms with E-state index in [0.29, 0.717) is 18.0 Å². The van der Waals surface area contributed by atoms with Gasteiger partial charge < -0.3 is 10.0 Å². The number of likely N-dealkylation sites (tertiary alicyclic amines) is 1. The lowest BCUT2D eigenvalue weighted by Gasteiger charge is -2.34. The van der Waals surface area contributed by atoms with E-state index < -0.39 is 6.10 Å². The molecule has 1 saturated heterocycles. The lowest BCUT2D eigenvalue weighted by molar-refractivity contribution is 0.0592. The second-order valence-corrected chi connectivity index (χ2v) is 8.19. The number of rotatable bonds is 5. The minimum absolute atomic E-state index is 0.0396. The molecule has 0 bridgehead atoms. The molecule has 3 heterocycles. The molecule has 1 fully saturated rings. The Bertz CT molecular complexity index is 1030. The molecule has 0 amide bonds. The van der Waals surface area contributed by atoms with Crippen LogP contribution in [0.2, 0.25) is 0 Å². The molecule has 0 aliphatic carbocycles. The Hall–Kier alpha value is -2.50. The van der Waals surface area contributed by atoms with E-state index in [1.165, 1.54) is 5.56 Å². The zero-order chi connectivity index (χ0) is 20.4. The normalized spacial score (nSPS) is 16.9. The van der Waals surface area contributed by atoms with Crippen molar-refractivity contribution in [3.05, 3.63) is 81.4 Å². The first-order chi connectivity index (χ1) is 14.0. The first kappa shape index (κ1) is 19.8. The van der Waals surface area contributed by atoms with Crippen LogP contribution in [0.25, 0.3) is 5.65 Å². The lowest BCUT2D eigenvalue weighted by atomic mass is 9.87. The zero-order valence-corrected chi connectivity index (χ0v) is 17.2. The third-order valence-electron chi connectivity index (χ3n) is 6.21. The van der Waals surface area contributed by atoms with Crippen LogP contribution in [0.5, 0.6) is 0 Å². The van der Waals surface area contributed by atoms with E-state index in [4.69, 9.17) is 0 Å². The molecule has 1 aliphatic rings. The standard InChI is InChI=1S/C24H29N3O2/c1-17-6-8-19(9-7-17)23(28)20-10-14-26(15-11-20)16-12-21-18(2)25-22-5-3-4-13-27(22)24(21)29/h3-9,13,20,23,28H,10-12,14-16H2,1-2H3/t23-/m1/s1. The highest BCUT2D eigenvalue weighted by molar-refractivity contribution is 5.40. The molecule has 1 atom stereocenters. The summed E-state index contributed by atoms with van der Waals surface area (Å²) in [7, 11) is 0. The summed E-state index contributed by atoms with van der Waals surface area (Å²) in [5.41, 5.74) is 4.59. The maximum atomic E-state index is 12.8. The zero-order valence-electron chi connectivity index (χ0n) is 17.2. The smallest absolute Gasteiger partial charge is 0.261 e. The number of pyridine rings is 1. The molecule has 5 nitrogen and oxygen atoms in total. The molecule has 1 N–H and O–H groups in total. The largest absolute Gasteiger partial charge is 0.388 e. The summed E-state index contributed by atoms with van der Waals surface area (Å²) in [6.07, 6.45) is 4.05. The SMILES string of the molecule is Cc1ccc([C@@H](O)C2CCN(CCc3c(C)nc4ccccn4c3=O)CC2)cc1. The fraction of sp³-hybridized carbons (Fsp3) is 0.417. The monoisotopic (exact) mass is 391 g/mol. The fourth-order valence-electron chi connectivity index (χ4n) is 4.32. The van der Waals surface area contributed by atoms with Crippen molar-refractivity contribution in [3.8, 4) is 0 Å². The van der Waals surface area contributed by atoms with Crippen LogP contribution >= 0.6 is 0 Å². The quantitative estimate of drug-likeness (QED) is 0.725. The third-order valence-corrected chi connectivity index (χ3v) is 6.21. The number of aryl methyl sites for hydroxylation is 2. The Morgan fingerprint density at radius 2 is 1.83 bits per heavy atom. The van der Waals surface area contributed by atoms with Crippen LogP contribution in [0.4, 0.5) is 0 Å². The molecule has 1 aliphatic heterocycles. The number of aliphatic hydroxyl groups excluding tert-OH is 1. The average molecular weight is 392 g/mol. The first-order valence-corrected chi connectivity index (χ1v) is 10.5. The summed E-state index contributed by atoms with van der Waals surface area (Å²) in [6, 6.07) is 13.8. The van der Waals surface area contributed by atoms with E-state index in [2.05, 4.69) is 28.9 Å². The van der Waals surface area contributed by atoms with Gasteiger partial charge in [0.15, 0.2) is 0 Å². The number of aliphatic hydroxyl groups is 1. The Kier molecular flexibility index (Phi) is 5.79. The molecule has 3 aromatic rings. The van der Waals surface area contributed by atoms with Crippen LogP contribution in [0.1, 0.15) is 41.3 Å². The molecule has 29 heavy (non-hydrogen) atoms. The predicted octanol–water partition coefficient (Wildman–Crippen LogP) is 3.30. The fourth-order valence-corrected chi connectivity index (χ4v) is 4.32. The third kappa shape index (κ3) is 4.26. The van der Waals surface area contributed by atoms with Crippen LogP contribution in [0.15, 0.2) is 53.5 Å². The molecule has 5 heteroatoms. The van der Waals surface area contributed by atoms with Gasteiger partial charge in [-0.2, -0.15) is 0 Å². The number of piperidine rings is 1. The summed E-state index contributed by atoms with van der Waals surface area (Å²) in [6.45, 7) is 6.75. The molecule has 0 spiro atoms. The number of hydrogen-bond donors (Lipinski definition) is 1. The number of nitrogens with zero attached hydrogens (tertiary/aromatic N) is 3. The van der Waals surface area contributed by atoms with Crippen LogP contribution in [0, 0.1) is 19.8 Å². The van der Waals surface area contributed by atoms with Gasteiger partial charge in [-0.1, -0.05) is 35.9 Å². The Morgan fingerprint density at radius 1 is 1.10 bits per heavy atom. The van der Waals surface area contributed by atoms with Gasteiger partial charge in [0.25, 0.3) is 5.56 Å². The molecule has 1 aromatic carbocycles. The minimum Gasteiger partial charge on any atom is -0.388 e. The van der Waals surface area contributed by atoms with Gasteiger partial charge in [0.2, 0.25) is 0 Å². The van der Waals surface area contributed by atoms with Gasteiger partial charge in [-0.3, -0.25) is 9.20 Å². The van der Waals surface area contributed by atoms with Crippen LogP contribution in [0.3, 0.4) is 0 Å². The van der Waals surface area contributed by atoms with Crippen molar-refractivity contribution in [2.24, 2.45) is 5.92 Å². The summed E-state index contributed by atoms with van der Waals surface area (Å²) in [5, 5.41) is 10.7. The van der Waals surface area contributed by atoms with E-state index in [9.17, 15) is 9.90 Å². The summed E-state index contributed by atoms with van der Waals surface area (Å²) >= 11 is 0. The van der Waals surface area contributed by atoms with Crippen molar-refractivity contribution in [2.75, 3.05) is 19.6 Å². The Labute approximate surface area is 171 Å². The summed E-state index contributed by atoms with van der Waals surface area (Å²) in [5.74, 6) is 0.295. The van der Waals surface area contributed by atoms with Crippen molar-refractivity contribution in [1.82, 2.24) is 14.3 Å². The van der Waals surface area contributed by atoms with E-state index >= 15 is 0 Å². The number of fused-ring (bicyclic) bond motifs is 1. The van der Waals surface area contributed by atoms with Crippen molar-refractivity contribution >= 4 is 5.65 Å². The van der Waals surface area contributed by atoms with Gasteiger partial charge >= 0.3 is 0 Å². The molecule has 0 unspecified atom stereocenters. The van der Waals surface area contributed by atoms with Gasteiger partial charge in [-0.05, 0) is 69.8 Å². The van der Waals surface area contributed by atoms with Crippen LogP contribution in [-0.2, 0) is 6.42 Å². The van der Waals surface area contributed by atoms with Crippen LogP contribution in [-0.4, -0.2) is 39.0 Å². The maximum Gasteiger partial charge on any atom is 0.261 e. The Morgan fingerprint density at radius 3 is 2.55 bits per heavy atom. The van der Waals surface area contributed by atoms with Gasteiger partial charge in [0, 0.05) is 24.0 Å². The second kappa shape index (κ2) is 8.47. The number of benzene rings is 1. The highest BCUT2D eigenvalue weighted by Gasteiger charge is 2.26. The van der Waals surface area contributed by atoms with Gasteiger partial charge in [-0.15, -0.1) is 0 Å². The average Bonchev–Trinajstić information content (AvgIpc) is 2.74. The first-order valence-electron chi connectivity index (χ1n) is 10.5. The summed E-state index contributed by atoms with van der Waals surface area (Å²) < 4.78 is 1.63. The lowest BCUT2D eigenvalue weighted by Crippen LogP contribution is -2.37. The summed E-state index contributed by atoms with van der Waals surface area (Å²) in [4.78, 5) is 19.8. The highest BCUT2D eigenvalue weighted by Crippen LogP contribution is 2.30. The predicted molar refractivity (Wildman–Crippen MR) is 115 cm³/mol. The Balaban J connectivity index is 1.36. The molecular weight excluding hydrogens is 362 g/mol. The maximum absolute atomic E-state index is 12.8. The second-order valence-electron chi connectivity index (χ2n) is 8.19. The molecule has 0 radical (unpaired) electrons. The van der Waals surface area contributed by atoms with Crippen molar-refractivity contribution in [3.63, 3.8) is 0 Å².